The molecule has 9 heteroatoms. The van der Waals surface area contributed by atoms with E-state index in [1.165, 1.54) is 18.2 Å². The minimum absolute atomic E-state index is 0.0435. The van der Waals surface area contributed by atoms with E-state index in [-0.39, 0.29) is 31.0 Å². The number of hydrogen-bond donors (Lipinski definition) is 3. The third-order valence-corrected chi connectivity index (χ3v) is 5.89. The fourth-order valence-corrected chi connectivity index (χ4v) is 4.42. The summed E-state index contributed by atoms with van der Waals surface area (Å²) < 4.78 is 13.1. The van der Waals surface area contributed by atoms with Crippen molar-refractivity contribution in [1.29, 1.82) is 0 Å². The summed E-state index contributed by atoms with van der Waals surface area (Å²) in [5.74, 6) is -3.20. The minimum Gasteiger partial charge on any atom is -0.481 e. The number of amides is 1. The zero-order valence-corrected chi connectivity index (χ0v) is 16.8. The second-order valence-electron chi connectivity index (χ2n) is 8.29. The van der Waals surface area contributed by atoms with Gasteiger partial charge in [0.05, 0.1) is 5.41 Å². The van der Waals surface area contributed by atoms with Crippen LogP contribution in [0.3, 0.4) is 0 Å². The number of nitrogens with zero attached hydrogens (tertiary/aromatic N) is 2. The van der Waals surface area contributed by atoms with Crippen molar-refractivity contribution in [2.75, 3.05) is 31.1 Å². The van der Waals surface area contributed by atoms with Crippen LogP contribution < -0.4 is 10.6 Å². The standard InChI is InChI=1S/C21H26FN3O5/c1-14-10-20(18(27)28,13-21(23,11-14)19(29)30)12-17(26)25-8-6-24(7-9-25)16-4-2-15(22)3-5-16/h2-5,10H,6-9,11-13,23H2,1H3,(H,27,28)(H,29,30). The first-order chi connectivity index (χ1) is 14.0. The first-order valence-corrected chi connectivity index (χ1v) is 9.77. The second kappa shape index (κ2) is 8.06. The maximum atomic E-state index is 13.1. The summed E-state index contributed by atoms with van der Waals surface area (Å²) in [5.41, 5.74) is 4.01. The first-order valence-electron chi connectivity index (χ1n) is 9.77. The largest absolute Gasteiger partial charge is 0.481 e. The van der Waals surface area contributed by atoms with Crippen molar-refractivity contribution in [2.24, 2.45) is 11.1 Å². The summed E-state index contributed by atoms with van der Waals surface area (Å²) >= 11 is 0. The Balaban J connectivity index is 1.71. The summed E-state index contributed by atoms with van der Waals surface area (Å²) in [7, 11) is 0. The van der Waals surface area contributed by atoms with Crippen LogP contribution >= 0.6 is 0 Å². The number of carboxylic acids is 2. The Hall–Kier alpha value is -2.94. The minimum atomic E-state index is -1.72. The van der Waals surface area contributed by atoms with Gasteiger partial charge >= 0.3 is 11.9 Å². The molecule has 30 heavy (non-hydrogen) atoms. The van der Waals surface area contributed by atoms with Crippen molar-refractivity contribution in [3.63, 3.8) is 0 Å². The van der Waals surface area contributed by atoms with Crippen LogP contribution in [-0.4, -0.2) is 64.7 Å². The van der Waals surface area contributed by atoms with Crippen molar-refractivity contribution in [3.05, 3.63) is 41.7 Å². The van der Waals surface area contributed by atoms with Gasteiger partial charge in [0, 0.05) is 38.3 Å². The highest BCUT2D eigenvalue weighted by Crippen LogP contribution is 2.42. The van der Waals surface area contributed by atoms with Crippen LogP contribution in [0.1, 0.15) is 26.2 Å². The number of benzene rings is 1. The molecule has 2 atom stereocenters. The average molecular weight is 419 g/mol. The molecule has 162 valence electrons. The van der Waals surface area contributed by atoms with E-state index in [1.807, 2.05) is 4.90 Å². The van der Waals surface area contributed by atoms with Gasteiger partial charge in [0.1, 0.15) is 11.4 Å². The molecule has 1 heterocycles. The van der Waals surface area contributed by atoms with Crippen molar-refractivity contribution in [3.8, 4) is 0 Å². The highest BCUT2D eigenvalue weighted by Gasteiger charge is 2.51. The number of nitrogens with two attached hydrogens (primary N) is 1. The van der Waals surface area contributed by atoms with Crippen molar-refractivity contribution < 1.29 is 29.0 Å². The predicted octanol–water partition coefficient (Wildman–Crippen LogP) is 1.46. The molecule has 0 bridgehead atoms. The molecule has 3 rings (SSSR count). The van der Waals surface area contributed by atoms with Crippen LogP contribution in [0.15, 0.2) is 35.9 Å². The van der Waals surface area contributed by atoms with E-state index >= 15 is 0 Å². The van der Waals surface area contributed by atoms with E-state index in [4.69, 9.17) is 5.73 Å². The van der Waals surface area contributed by atoms with Gasteiger partial charge in [-0.2, -0.15) is 0 Å². The van der Waals surface area contributed by atoms with Gasteiger partial charge in [0.15, 0.2) is 0 Å². The molecular formula is C21H26FN3O5. The van der Waals surface area contributed by atoms with E-state index in [0.29, 0.717) is 31.8 Å². The summed E-state index contributed by atoms with van der Waals surface area (Å²) in [6.07, 6.45) is 0.837. The van der Waals surface area contributed by atoms with Crippen LogP contribution in [-0.2, 0) is 14.4 Å². The van der Waals surface area contributed by atoms with Crippen LogP contribution in [0.5, 0.6) is 0 Å². The van der Waals surface area contributed by atoms with Crippen molar-refractivity contribution in [2.45, 2.75) is 31.7 Å². The average Bonchev–Trinajstić information content (AvgIpc) is 2.67. The first kappa shape index (κ1) is 21.8. The molecule has 0 spiro atoms. The summed E-state index contributed by atoms with van der Waals surface area (Å²) in [6, 6.07) is 6.11. The Bertz CT molecular complexity index is 879. The highest BCUT2D eigenvalue weighted by molar-refractivity contribution is 5.89. The Morgan fingerprint density at radius 1 is 1.07 bits per heavy atom. The number of piperazine rings is 1. The molecule has 1 saturated heterocycles. The molecule has 1 fully saturated rings. The van der Waals surface area contributed by atoms with E-state index in [1.54, 1.807) is 24.0 Å². The Morgan fingerprint density at radius 2 is 1.67 bits per heavy atom. The quantitative estimate of drug-likeness (QED) is 0.617. The summed E-state index contributed by atoms with van der Waals surface area (Å²) in [4.78, 5) is 40.3. The molecular weight excluding hydrogens is 393 g/mol. The highest BCUT2D eigenvalue weighted by atomic mass is 19.1. The maximum Gasteiger partial charge on any atom is 0.324 e. The third kappa shape index (κ3) is 4.30. The predicted molar refractivity (Wildman–Crippen MR) is 107 cm³/mol. The lowest BCUT2D eigenvalue weighted by atomic mass is 9.66. The molecule has 4 N–H and O–H groups in total. The number of rotatable bonds is 5. The third-order valence-electron chi connectivity index (χ3n) is 5.89. The maximum absolute atomic E-state index is 13.1. The van der Waals surface area contributed by atoms with E-state index in [2.05, 4.69) is 0 Å². The molecule has 1 aromatic rings. The molecule has 0 saturated carbocycles. The number of halogens is 1. The van der Waals surface area contributed by atoms with Gasteiger partial charge < -0.3 is 25.7 Å². The molecule has 0 radical (unpaired) electrons. The molecule has 1 amide bonds. The van der Waals surface area contributed by atoms with Crippen molar-refractivity contribution in [1.82, 2.24) is 4.90 Å². The Labute approximate surface area is 173 Å². The van der Waals surface area contributed by atoms with Gasteiger partial charge in [-0.3, -0.25) is 14.4 Å². The van der Waals surface area contributed by atoms with Gasteiger partial charge in [-0.1, -0.05) is 11.6 Å². The topological polar surface area (TPSA) is 124 Å². The number of carbonyl (C=O) groups excluding carboxylic acids is 1. The molecule has 2 aliphatic rings. The Kier molecular flexibility index (Phi) is 5.85. The van der Waals surface area contributed by atoms with Gasteiger partial charge in [-0.05, 0) is 44.0 Å². The van der Waals surface area contributed by atoms with E-state index in [0.717, 1.165) is 5.69 Å². The second-order valence-corrected chi connectivity index (χ2v) is 8.29. The molecule has 1 aliphatic heterocycles. The summed E-state index contributed by atoms with van der Waals surface area (Å²) in [5, 5.41) is 19.4. The number of carboxylic acid groups (broad SMARTS) is 2. The van der Waals surface area contributed by atoms with Gasteiger partial charge in [-0.25, -0.2) is 4.39 Å². The number of aliphatic carboxylic acids is 2. The summed E-state index contributed by atoms with van der Waals surface area (Å²) in [6.45, 7) is 3.47. The van der Waals surface area contributed by atoms with Crippen LogP contribution in [0.25, 0.3) is 0 Å². The molecule has 0 aromatic heterocycles. The van der Waals surface area contributed by atoms with Crippen LogP contribution in [0.2, 0.25) is 0 Å². The number of hydrogen-bond acceptors (Lipinski definition) is 5. The lowest BCUT2D eigenvalue weighted by molar-refractivity contribution is -0.155. The lowest BCUT2D eigenvalue weighted by Crippen LogP contribution is -2.57. The molecule has 1 aromatic carbocycles. The zero-order chi connectivity index (χ0) is 22.1. The van der Waals surface area contributed by atoms with Gasteiger partial charge in [0.2, 0.25) is 5.91 Å². The number of anilines is 1. The SMILES string of the molecule is CC1=CC(CC(=O)N2CCN(c3ccc(F)cc3)CC2)(C(=O)O)CC(N)(C(=O)O)C1. The number of carbonyl (C=O) groups is 3. The molecule has 8 nitrogen and oxygen atoms in total. The van der Waals surface area contributed by atoms with Gasteiger partial charge in [-0.15, -0.1) is 0 Å². The smallest absolute Gasteiger partial charge is 0.324 e. The van der Waals surface area contributed by atoms with Crippen LogP contribution in [0.4, 0.5) is 10.1 Å². The van der Waals surface area contributed by atoms with Crippen molar-refractivity contribution >= 4 is 23.5 Å². The normalized spacial score (nSPS) is 26.8. The fraction of sp³-hybridized carbons (Fsp3) is 0.476. The monoisotopic (exact) mass is 419 g/mol. The lowest BCUT2D eigenvalue weighted by Gasteiger charge is -2.41. The van der Waals surface area contributed by atoms with E-state index in [9.17, 15) is 29.0 Å². The molecule has 1 aliphatic carbocycles. The zero-order valence-electron chi connectivity index (χ0n) is 16.8. The van der Waals surface area contributed by atoms with Gasteiger partial charge in [0.25, 0.3) is 0 Å². The molecule has 2 unspecified atom stereocenters. The fourth-order valence-electron chi connectivity index (χ4n) is 4.42. The van der Waals surface area contributed by atoms with Crippen LogP contribution in [0, 0.1) is 11.2 Å². The van der Waals surface area contributed by atoms with E-state index < -0.39 is 22.9 Å². The Morgan fingerprint density at radius 3 is 2.20 bits per heavy atom.